The van der Waals surface area contributed by atoms with E-state index in [-0.39, 0.29) is 0 Å². The average Bonchev–Trinajstić information content (AvgIpc) is 2.30. The van der Waals surface area contributed by atoms with Crippen LogP contribution >= 0.6 is 11.6 Å². The summed E-state index contributed by atoms with van der Waals surface area (Å²) >= 11 is 5.62. The van der Waals surface area contributed by atoms with Crippen molar-refractivity contribution in [1.82, 2.24) is 9.78 Å². The number of rotatable bonds is 2. The molecule has 0 aromatic carbocycles. The van der Waals surface area contributed by atoms with Crippen LogP contribution in [0, 0.1) is 0 Å². The third kappa shape index (κ3) is 1.41. The van der Waals surface area contributed by atoms with E-state index in [1.54, 1.807) is 7.05 Å². The molecule has 0 saturated carbocycles. The zero-order valence-corrected chi connectivity index (χ0v) is 6.62. The van der Waals surface area contributed by atoms with Gasteiger partial charge >= 0.3 is 0 Å². The molecule has 1 N–H and O–H groups in total. The zero-order valence-electron chi connectivity index (χ0n) is 5.86. The average molecular weight is 175 g/mol. The highest BCUT2D eigenvalue weighted by Crippen LogP contribution is 2.19. The Kier molecular flexibility index (Phi) is 2.26. The first-order valence-corrected chi connectivity index (χ1v) is 3.35. The normalized spacial score (nSPS) is 13.0. The molecule has 1 aromatic rings. The van der Waals surface area contributed by atoms with Gasteiger partial charge in [-0.25, -0.2) is 0 Å². The SMILES string of the molecule is Cn1ncc(Cl)c1C(O)C=O. The number of hydrogen-bond acceptors (Lipinski definition) is 3. The molecule has 1 unspecified atom stereocenters. The van der Waals surface area contributed by atoms with E-state index in [0.29, 0.717) is 17.0 Å². The summed E-state index contributed by atoms with van der Waals surface area (Å²) in [6.45, 7) is 0. The summed E-state index contributed by atoms with van der Waals surface area (Å²) in [4.78, 5) is 10.2. The largest absolute Gasteiger partial charge is 0.379 e. The smallest absolute Gasteiger partial charge is 0.154 e. The lowest BCUT2D eigenvalue weighted by atomic mass is 10.3. The molecule has 60 valence electrons. The summed E-state index contributed by atoms with van der Waals surface area (Å²) in [6.07, 6.45) is 0.599. The lowest BCUT2D eigenvalue weighted by Crippen LogP contribution is -2.06. The first-order valence-electron chi connectivity index (χ1n) is 2.97. The van der Waals surface area contributed by atoms with Crippen LogP contribution in [0.2, 0.25) is 5.02 Å². The molecule has 0 aliphatic rings. The molecule has 1 atom stereocenters. The number of nitrogens with zero attached hydrogens (tertiary/aromatic N) is 2. The van der Waals surface area contributed by atoms with Crippen LogP contribution in [0.15, 0.2) is 6.20 Å². The second-order valence-electron chi connectivity index (χ2n) is 2.08. The maximum absolute atomic E-state index is 10.2. The fraction of sp³-hybridized carbons (Fsp3) is 0.333. The lowest BCUT2D eigenvalue weighted by Gasteiger charge is -2.02. The van der Waals surface area contributed by atoms with Crippen molar-refractivity contribution in [1.29, 1.82) is 0 Å². The van der Waals surface area contributed by atoms with Gasteiger partial charge in [-0.15, -0.1) is 0 Å². The Balaban J connectivity index is 3.09. The highest BCUT2D eigenvalue weighted by molar-refractivity contribution is 6.31. The van der Waals surface area contributed by atoms with Gasteiger partial charge in [0.25, 0.3) is 0 Å². The molecule has 11 heavy (non-hydrogen) atoms. The van der Waals surface area contributed by atoms with Crippen molar-refractivity contribution in [3.8, 4) is 0 Å². The van der Waals surface area contributed by atoms with Crippen LogP contribution in [0.4, 0.5) is 0 Å². The van der Waals surface area contributed by atoms with Crippen LogP contribution in [0.25, 0.3) is 0 Å². The number of aldehydes is 1. The van der Waals surface area contributed by atoms with Crippen LogP contribution in [0.3, 0.4) is 0 Å². The summed E-state index contributed by atoms with van der Waals surface area (Å²) < 4.78 is 1.36. The van der Waals surface area contributed by atoms with Crippen molar-refractivity contribution >= 4 is 17.9 Å². The summed E-state index contributed by atoms with van der Waals surface area (Å²) in [7, 11) is 1.61. The van der Waals surface area contributed by atoms with Crippen LogP contribution in [0.1, 0.15) is 11.8 Å². The summed E-state index contributed by atoms with van der Waals surface area (Å²) in [6, 6.07) is 0. The van der Waals surface area contributed by atoms with Gasteiger partial charge in [-0.2, -0.15) is 5.10 Å². The van der Waals surface area contributed by atoms with E-state index in [9.17, 15) is 4.79 Å². The molecule has 0 fully saturated rings. The molecule has 1 heterocycles. The predicted molar refractivity (Wildman–Crippen MR) is 39.2 cm³/mol. The zero-order chi connectivity index (χ0) is 8.43. The molecule has 0 aliphatic carbocycles. The Bertz CT molecular complexity index is 252. The van der Waals surface area contributed by atoms with Crippen molar-refractivity contribution in [2.75, 3.05) is 0 Å². The van der Waals surface area contributed by atoms with Crippen LogP contribution < -0.4 is 0 Å². The van der Waals surface area contributed by atoms with E-state index < -0.39 is 6.10 Å². The number of halogens is 1. The van der Waals surface area contributed by atoms with Crippen molar-refractivity contribution in [2.45, 2.75) is 6.10 Å². The molecule has 0 saturated heterocycles. The highest BCUT2D eigenvalue weighted by atomic mass is 35.5. The summed E-state index contributed by atoms with van der Waals surface area (Å²) in [5.41, 5.74) is 0.321. The number of carbonyl (C=O) groups excluding carboxylic acids is 1. The molecular formula is C6H7ClN2O2. The first-order chi connectivity index (χ1) is 5.16. The van der Waals surface area contributed by atoms with Gasteiger partial charge in [-0.1, -0.05) is 11.6 Å². The Labute approximate surface area is 68.4 Å². The summed E-state index contributed by atoms with van der Waals surface area (Å²) in [5.74, 6) is 0. The minimum atomic E-state index is -1.19. The fourth-order valence-corrected chi connectivity index (χ4v) is 1.10. The molecule has 0 amide bonds. The number of carbonyl (C=O) groups is 1. The molecule has 4 nitrogen and oxygen atoms in total. The topological polar surface area (TPSA) is 55.1 Å². The van der Waals surface area contributed by atoms with E-state index in [0.717, 1.165) is 0 Å². The maximum atomic E-state index is 10.2. The van der Waals surface area contributed by atoms with Gasteiger partial charge in [-0.05, 0) is 0 Å². The Morgan fingerprint density at radius 3 is 2.91 bits per heavy atom. The number of aliphatic hydroxyl groups is 1. The third-order valence-corrected chi connectivity index (χ3v) is 1.64. The predicted octanol–water partition coefficient (Wildman–Crippen LogP) is 0.306. The monoisotopic (exact) mass is 174 g/mol. The second-order valence-corrected chi connectivity index (χ2v) is 2.49. The molecule has 1 rings (SSSR count). The molecular weight excluding hydrogens is 168 g/mol. The van der Waals surface area contributed by atoms with Gasteiger partial charge < -0.3 is 9.90 Å². The van der Waals surface area contributed by atoms with E-state index in [4.69, 9.17) is 16.7 Å². The van der Waals surface area contributed by atoms with Gasteiger partial charge in [0, 0.05) is 7.05 Å². The number of aliphatic hydroxyl groups excluding tert-OH is 1. The van der Waals surface area contributed by atoms with E-state index >= 15 is 0 Å². The molecule has 0 radical (unpaired) electrons. The minimum Gasteiger partial charge on any atom is -0.379 e. The number of hydrogen-bond donors (Lipinski definition) is 1. The quantitative estimate of drug-likeness (QED) is 0.657. The van der Waals surface area contributed by atoms with E-state index in [2.05, 4.69) is 5.10 Å². The van der Waals surface area contributed by atoms with Crippen molar-refractivity contribution < 1.29 is 9.90 Å². The summed E-state index contributed by atoms with van der Waals surface area (Å²) in [5, 5.41) is 13.1. The molecule has 5 heteroatoms. The van der Waals surface area contributed by atoms with E-state index in [1.807, 2.05) is 0 Å². The first kappa shape index (κ1) is 8.23. The van der Waals surface area contributed by atoms with Crippen molar-refractivity contribution in [3.05, 3.63) is 16.9 Å². The molecule has 0 bridgehead atoms. The Hall–Kier alpha value is -0.870. The fourth-order valence-electron chi connectivity index (χ4n) is 0.817. The van der Waals surface area contributed by atoms with Crippen LogP contribution in [-0.2, 0) is 11.8 Å². The van der Waals surface area contributed by atoms with Gasteiger partial charge in [0.1, 0.15) is 0 Å². The molecule has 0 aliphatic heterocycles. The highest BCUT2D eigenvalue weighted by Gasteiger charge is 2.14. The Morgan fingerprint density at radius 2 is 2.55 bits per heavy atom. The van der Waals surface area contributed by atoms with Gasteiger partial charge in [0.05, 0.1) is 16.9 Å². The van der Waals surface area contributed by atoms with Crippen LogP contribution in [0.5, 0.6) is 0 Å². The van der Waals surface area contributed by atoms with E-state index in [1.165, 1.54) is 10.9 Å². The second kappa shape index (κ2) is 3.02. The standard InChI is InChI=1S/C6H7ClN2O2/c1-9-6(5(11)3-10)4(7)2-8-9/h2-3,5,11H,1H3. The molecule has 0 spiro atoms. The van der Waals surface area contributed by atoms with Crippen molar-refractivity contribution in [2.24, 2.45) is 7.05 Å². The third-order valence-electron chi connectivity index (χ3n) is 1.35. The number of aromatic nitrogens is 2. The lowest BCUT2D eigenvalue weighted by molar-refractivity contribution is -0.115. The van der Waals surface area contributed by atoms with Gasteiger partial charge in [0.2, 0.25) is 0 Å². The van der Waals surface area contributed by atoms with Crippen LogP contribution in [-0.4, -0.2) is 21.2 Å². The Morgan fingerprint density at radius 1 is 1.91 bits per heavy atom. The van der Waals surface area contributed by atoms with Gasteiger partial charge in [-0.3, -0.25) is 4.68 Å². The number of aryl methyl sites for hydroxylation is 1. The maximum Gasteiger partial charge on any atom is 0.154 e. The molecule has 1 aromatic heterocycles. The van der Waals surface area contributed by atoms with Gasteiger partial charge in [0.15, 0.2) is 12.4 Å². The van der Waals surface area contributed by atoms with Crippen molar-refractivity contribution in [3.63, 3.8) is 0 Å². The minimum absolute atomic E-state index is 0.298.